The van der Waals surface area contributed by atoms with Gasteiger partial charge in [-0.05, 0) is 62.2 Å². The van der Waals surface area contributed by atoms with E-state index in [1.807, 2.05) is 6.92 Å². The predicted octanol–water partition coefficient (Wildman–Crippen LogP) is 3.69. The highest BCUT2D eigenvalue weighted by atomic mass is 32.2. The van der Waals surface area contributed by atoms with Crippen LogP contribution in [-0.2, 0) is 10.0 Å². The van der Waals surface area contributed by atoms with E-state index in [9.17, 15) is 23.1 Å². The number of sulfonamides is 1. The topological polar surface area (TPSA) is 138 Å². The Labute approximate surface area is 248 Å². The Balaban J connectivity index is 1.58. The van der Waals surface area contributed by atoms with Gasteiger partial charge in [-0.15, -0.1) is 0 Å². The number of methoxy groups -OCH3 is 1. The average molecular weight is 603 g/mol. The molecule has 1 heterocycles. The number of hydrogen-bond donors (Lipinski definition) is 3. The van der Waals surface area contributed by atoms with E-state index in [2.05, 4.69) is 10.6 Å². The summed E-state index contributed by atoms with van der Waals surface area (Å²) < 4.78 is 39.4. The molecule has 0 saturated heterocycles. The average Bonchev–Trinajstić information content (AvgIpc) is 2.99. The normalized spacial score (nSPS) is 20.6. The van der Waals surface area contributed by atoms with Crippen molar-refractivity contribution in [1.82, 2.24) is 14.5 Å². The number of aliphatic hydroxyl groups is 1. The number of aliphatic hydroxyl groups excluding tert-OH is 1. The van der Waals surface area contributed by atoms with Crippen LogP contribution >= 0.6 is 0 Å². The van der Waals surface area contributed by atoms with Crippen molar-refractivity contribution in [1.29, 1.82) is 0 Å². The fourth-order valence-electron chi connectivity index (χ4n) is 5.40. The lowest BCUT2D eigenvalue weighted by molar-refractivity contribution is 0.0387. The number of carbonyl (C=O) groups excluding carboxylic acids is 2. The summed E-state index contributed by atoms with van der Waals surface area (Å²) in [6.07, 6.45) is 4.63. The molecular formula is C30H42N4O7S. The maximum Gasteiger partial charge on any atom is 0.319 e. The highest BCUT2D eigenvalue weighted by Gasteiger charge is 2.35. The van der Waals surface area contributed by atoms with Gasteiger partial charge in [0, 0.05) is 31.2 Å². The Hall–Kier alpha value is -3.35. The second-order valence-electron chi connectivity index (χ2n) is 11.2. The zero-order chi connectivity index (χ0) is 30.4. The first kappa shape index (κ1) is 31.6. The van der Waals surface area contributed by atoms with Crippen molar-refractivity contribution in [2.45, 2.75) is 69.0 Å². The van der Waals surface area contributed by atoms with Crippen molar-refractivity contribution in [3.63, 3.8) is 0 Å². The monoisotopic (exact) mass is 602 g/mol. The minimum atomic E-state index is -3.84. The number of nitrogens with one attached hydrogen (secondary N) is 2. The molecule has 230 valence electrons. The lowest BCUT2D eigenvalue weighted by Crippen LogP contribution is -2.50. The molecule has 0 spiro atoms. The number of carbonyl (C=O) groups is 2. The van der Waals surface area contributed by atoms with Crippen LogP contribution in [0.15, 0.2) is 47.4 Å². The fraction of sp³-hybridized carbons (Fsp3) is 0.533. The van der Waals surface area contributed by atoms with Crippen molar-refractivity contribution in [3.05, 3.63) is 48.0 Å². The van der Waals surface area contributed by atoms with Gasteiger partial charge in [0.25, 0.3) is 5.91 Å². The van der Waals surface area contributed by atoms with Gasteiger partial charge in [-0.1, -0.05) is 26.2 Å². The predicted molar refractivity (Wildman–Crippen MR) is 159 cm³/mol. The third-order valence-corrected chi connectivity index (χ3v) is 9.91. The van der Waals surface area contributed by atoms with Crippen LogP contribution in [0.25, 0.3) is 0 Å². The number of anilines is 1. The lowest BCUT2D eigenvalue weighted by Gasteiger charge is -2.38. The number of fused-ring (bicyclic) bond motifs is 1. The molecule has 4 rings (SSSR count). The van der Waals surface area contributed by atoms with E-state index in [0.29, 0.717) is 11.4 Å². The summed E-state index contributed by atoms with van der Waals surface area (Å²) in [5, 5.41) is 15.8. The Morgan fingerprint density at radius 3 is 2.50 bits per heavy atom. The number of nitrogens with zero attached hydrogens (tertiary/aromatic N) is 2. The Morgan fingerprint density at radius 1 is 1.17 bits per heavy atom. The van der Waals surface area contributed by atoms with Crippen molar-refractivity contribution >= 4 is 27.6 Å². The molecule has 2 aromatic carbocycles. The van der Waals surface area contributed by atoms with E-state index in [-0.39, 0.29) is 59.8 Å². The number of urea groups is 1. The van der Waals surface area contributed by atoms with Crippen molar-refractivity contribution in [2.75, 3.05) is 39.2 Å². The smallest absolute Gasteiger partial charge is 0.319 e. The summed E-state index contributed by atoms with van der Waals surface area (Å²) >= 11 is 0. The summed E-state index contributed by atoms with van der Waals surface area (Å²) in [6, 6.07) is 10.3. The van der Waals surface area contributed by atoms with Gasteiger partial charge < -0.3 is 30.1 Å². The molecule has 1 aliphatic heterocycles. The minimum Gasteiger partial charge on any atom is -0.497 e. The molecule has 1 saturated carbocycles. The second-order valence-corrected chi connectivity index (χ2v) is 13.3. The third kappa shape index (κ3) is 7.34. The largest absolute Gasteiger partial charge is 0.497 e. The first-order valence-corrected chi connectivity index (χ1v) is 15.9. The quantitative estimate of drug-likeness (QED) is 0.398. The van der Waals surface area contributed by atoms with E-state index in [0.717, 1.165) is 25.7 Å². The van der Waals surface area contributed by atoms with E-state index in [4.69, 9.17) is 9.47 Å². The Bertz CT molecular complexity index is 1350. The van der Waals surface area contributed by atoms with Crippen molar-refractivity contribution in [2.24, 2.45) is 5.92 Å². The number of ether oxygens (including phenoxy) is 2. The SMILES string of the molecule is COc1ccc(S(=O)(=O)N(C)C[C@H]2Oc3ccc(NC(=O)NC4CCCCC4)cc3C(=O)N([C@@H](C)CO)C[C@@H]2C)cc1. The molecule has 0 bridgehead atoms. The zero-order valence-corrected chi connectivity index (χ0v) is 25.5. The minimum absolute atomic E-state index is 0.0221. The van der Waals surface area contributed by atoms with Crippen LogP contribution < -0.4 is 20.1 Å². The summed E-state index contributed by atoms with van der Waals surface area (Å²) in [5.74, 6) is 0.213. The molecule has 12 heteroatoms. The van der Waals surface area contributed by atoms with Gasteiger partial charge in [-0.25, -0.2) is 13.2 Å². The number of hydrogen-bond acceptors (Lipinski definition) is 7. The van der Waals surface area contributed by atoms with Crippen LogP contribution in [-0.4, -0.2) is 86.7 Å². The maximum absolute atomic E-state index is 13.7. The van der Waals surface area contributed by atoms with E-state index >= 15 is 0 Å². The van der Waals surface area contributed by atoms with Crippen LogP contribution in [0.5, 0.6) is 11.5 Å². The molecule has 1 fully saturated rings. The van der Waals surface area contributed by atoms with Gasteiger partial charge in [0.05, 0.1) is 36.8 Å². The molecule has 2 aromatic rings. The summed E-state index contributed by atoms with van der Waals surface area (Å²) in [5.41, 5.74) is 0.656. The Kier molecular flexibility index (Phi) is 10.3. The van der Waals surface area contributed by atoms with Gasteiger partial charge >= 0.3 is 6.03 Å². The molecule has 0 unspecified atom stereocenters. The van der Waals surface area contributed by atoms with Crippen molar-refractivity contribution < 1.29 is 32.6 Å². The Morgan fingerprint density at radius 2 is 1.86 bits per heavy atom. The molecule has 42 heavy (non-hydrogen) atoms. The number of likely N-dealkylation sites (N-methyl/N-ethyl adjacent to an activating group) is 1. The molecule has 0 aromatic heterocycles. The molecule has 2 aliphatic rings. The summed E-state index contributed by atoms with van der Waals surface area (Å²) in [6.45, 7) is 3.66. The summed E-state index contributed by atoms with van der Waals surface area (Å²) in [7, 11) is -0.836. The standard InChI is InChI=1S/C30H42N4O7S/c1-20-17-34(21(2)19-35)29(36)26-16-23(32-30(37)31-22-8-6-5-7-9-22)10-15-27(26)41-28(20)18-33(3)42(38,39)25-13-11-24(40-4)12-14-25/h10-16,20-22,28,35H,5-9,17-19H2,1-4H3,(H2,31,32,37)/t20-,21-,28+/m0/s1. The molecule has 11 nitrogen and oxygen atoms in total. The number of amides is 3. The second kappa shape index (κ2) is 13.7. The zero-order valence-electron chi connectivity index (χ0n) is 24.7. The van der Waals surface area contributed by atoms with Crippen LogP contribution in [0.2, 0.25) is 0 Å². The summed E-state index contributed by atoms with van der Waals surface area (Å²) in [4.78, 5) is 28.1. The van der Waals surface area contributed by atoms with Crippen LogP contribution in [0.4, 0.5) is 10.5 Å². The first-order chi connectivity index (χ1) is 20.0. The van der Waals surface area contributed by atoms with Crippen molar-refractivity contribution in [3.8, 4) is 11.5 Å². The maximum atomic E-state index is 13.7. The van der Waals surface area contributed by atoms with Gasteiger partial charge in [0.1, 0.15) is 17.6 Å². The van der Waals surface area contributed by atoms with E-state index < -0.39 is 22.2 Å². The number of rotatable bonds is 9. The molecule has 3 amide bonds. The van der Waals surface area contributed by atoms with Crippen LogP contribution in [0, 0.1) is 5.92 Å². The lowest BCUT2D eigenvalue weighted by atomic mass is 9.96. The molecule has 3 atom stereocenters. The van der Waals surface area contributed by atoms with E-state index in [1.54, 1.807) is 42.2 Å². The van der Waals surface area contributed by atoms with E-state index in [1.165, 1.54) is 37.0 Å². The van der Waals surface area contributed by atoms with Gasteiger partial charge in [0.2, 0.25) is 10.0 Å². The third-order valence-electron chi connectivity index (χ3n) is 8.07. The first-order valence-electron chi connectivity index (χ1n) is 14.4. The number of benzene rings is 2. The van der Waals surface area contributed by atoms with Gasteiger partial charge in [0.15, 0.2) is 0 Å². The molecule has 3 N–H and O–H groups in total. The fourth-order valence-corrected chi connectivity index (χ4v) is 6.58. The highest BCUT2D eigenvalue weighted by Crippen LogP contribution is 2.31. The van der Waals surface area contributed by atoms with Crippen LogP contribution in [0.1, 0.15) is 56.3 Å². The molecular weight excluding hydrogens is 560 g/mol. The molecule has 0 radical (unpaired) electrons. The highest BCUT2D eigenvalue weighted by molar-refractivity contribution is 7.89. The van der Waals surface area contributed by atoms with Gasteiger partial charge in [-0.3, -0.25) is 4.79 Å². The van der Waals surface area contributed by atoms with Gasteiger partial charge in [-0.2, -0.15) is 4.31 Å². The molecule has 1 aliphatic carbocycles. The van der Waals surface area contributed by atoms with Crippen LogP contribution in [0.3, 0.4) is 0 Å².